The van der Waals surface area contributed by atoms with Gasteiger partial charge in [-0.05, 0) is 0 Å². The van der Waals surface area contributed by atoms with Crippen molar-refractivity contribution in [2.75, 3.05) is 0 Å². The zero-order chi connectivity index (χ0) is 4.12. The second-order valence-corrected chi connectivity index (χ2v) is 0.928. The van der Waals surface area contributed by atoms with E-state index in [4.69, 9.17) is 0 Å². The molecule has 25 valence electrons. The molecule has 0 aromatic heterocycles. The Morgan fingerprint density at radius 2 is 2.20 bits per heavy atom. The third kappa shape index (κ3) is 3.70. The molecule has 0 aliphatic rings. The van der Waals surface area contributed by atoms with Crippen molar-refractivity contribution < 1.29 is 0 Å². The van der Waals surface area contributed by atoms with Crippen LogP contribution in [-0.2, 0) is 0 Å². The monoisotopic (exact) mass is 81.0 g/mol. The molecule has 0 saturated carbocycles. The lowest BCUT2D eigenvalue weighted by Gasteiger charge is -1.55. The Bertz CT molecular complexity index is 45.6. The van der Waals surface area contributed by atoms with Gasteiger partial charge in [0.1, 0.15) is 0 Å². The number of rotatable bonds is 1. The molecule has 0 atom stereocenters. The maximum atomic E-state index is 3.43. The average Bonchev–Trinajstić information content (AvgIpc) is 1.41. The van der Waals surface area contributed by atoms with Crippen LogP contribution in [0, 0.1) is 0 Å². The van der Waals surface area contributed by atoms with Gasteiger partial charge in [-0.3, -0.25) is 0 Å². The highest BCUT2D eigenvalue weighted by Crippen LogP contribution is 1.60. The Balaban J connectivity index is 2.92. The Hall–Kier alpha value is -0.303. The first-order valence-corrected chi connectivity index (χ1v) is 1.94. The minimum absolute atomic E-state index is 1.70. The molecule has 0 spiro atoms. The van der Waals surface area contributed by atoms with Gasteiger partial charge < -0.3 is 0 Å². The van der Waals surface area contributed by atoms with Crippen LogP contribution in [-0.4, -0.2) is 10.2 Å². The van der Waals surface area contributed by atoms with E-state index in [1.54, 1.807) is 17.9 Å². The molecule has 0 rings (SSSR count). The van der Waals surface area contributed by atoms with E-state index in [1.165, 1.54) is 0 Å². The normalized spacial score (nSPS) is 9.00. The largest absolute Gasteiger partial charge is 0.102 e. The van der Waals surface area contributed by atoms with Crippen LogP contribution in [0.2, 0.25) is 0 Å². The second-order valence-electron chi connectivity index (χ2n) is 0.595. The average molecular weight is 81.2 g/mol. The Kier molecular flexibility index (Phi) is 3.47. The van der Waals surface area contributed by atoms with Gasteiger partial charge in [0.05, 0.1) is 10.2 Å². The summed E-state index contributed by atoms with van der Waals surface area (Å²) in [7, 11) is 3.10. The highest BCUT2D eigenvalue weighted by Gasteiger charge is 1.42. The van der Waals surface area contributed by atoms with Gasteiger partial charge in [-0.15, -0.1) is 5.70 Å². The lowest BCUT2D eigenvalue weighted by molar-refractivity contribution is 2.11. The molecular formula is C4H5Si. The molecule has 0 heterocycles. The molecule has 0 saturated heterocycles. The van der Waals surface area contributed by atoms with Crippen molar-refractivity contribution in [3.63, 3.8) is 0 Å². The fourth-order valence-corrected chi connectivity index (χ4v) is 0.204. The summed E-state index contributed by atoms with van der Waals surface area (Å²) in [6, 6.07) is 0. The number of hydrogen-bond acceptors (Lipinski definition) is 0. The van der Waals surface area contributed by atoms with Crippen molar-refractivity contribution in [1.29, 1.82) is 0 Å². The van der Waals surface area contributed by atoms with Crippen LogP contribution in [0.5, 0.6) is 0 Å². The van der Waals surface area contributed by atoms with Gasteiger partial charge in [-0.1, -0.05) is 18.7 Å². The Morgan fingerprint density at radius 1 is 1.60 bits per heavy atom. The quantitative estimate of drug-likeness (QED) is 0.324. The SMILES string of the molecule is C=C/C=C/[Si]. The van der Waals surface area contributed by atoms with Crippen molar-refractivity contribution in [3.05, 3.63) is 24.4 Å². The van der Waals surface area contributed by atoms with Crippen molar-refractivity contribution in [3.8, 4) is 0 Å². The third-order valence-electron chi connectivity index (χ3n) is 0.232. The summed E-state index contributed by atoms with van der Waals surface area (Å²) < 4.78 is 0. The first kappa shape index (κ1) is 4.70. The molecule has 5 heavy (non-hydrogen) atoms. The third-order valence-corrected chi connectivity index (χ3v) is 0.425. The maximum Gasteiger partial charge on any atom is 0.0600 e. The summed E-state index contributed by atoms with van der Waals surface area (Å²) in [5, 5.41) is 0. The molecule has 0 nitrogen and oxygen atoms in total. The van der Waals surface area contributed by atoms with E-state index < -0.39 is 0 Å². The molecule has 0 unspecified atom stereocenters. The summed E-state index contributed by atoms with van der Waals surface area (Å²) in [4.78, 5) is 0. The minimum Gasteiger partial charge on any atom is -0.102 e. The van der Waals surface area contributed by atoms with Crippen LogP contribution in [0.4, 0.5) is 0 Å². The molecule has 0 aromatic carbocycles. The molecule has 0 N–H and O–H groups in total. The van der Waals surface area contributed by atoms with E-state index in [2.05, 4.69) is 16.8 Å². The van der Waals surface area contributed by atoms with Gasteiger partial charge in [0.2, 0.25) is 0 Å². The molecule has 3 radical (unpaired) electrons. The van der Waals surface area contributed by atoms with Gasteiger partial charge in [0.15, 0.2) is 0 Å². The summed E-state index contributed by atoms with van der Waals surface area (Å²) in [5.74, 6) is 0. The standard InChI is InChI=1S/C4H5Si/c1-2-3-4-5/h2-4H,1H2/b4-3+. The van der Waals surface area contributed by atoms with Crippen LogP contribution >= 0.6 is 0 Å². The fraction of sp³-hybridized carbons (Fsp3) is 0. The van der Waals surface area contributed by atoms with E-state index in [0.717, 1.165) is 0 Å². The lowest BCUT2D eigenvalue weighted by atomic mass is 10.6. The predicted octanol–water partition coefficient (Wildman–Crippen LogP) is 0.855. The fourth-order valence-electron chi connectivity index (χ4n) is 0.0680. The van der Waals surface area contributed by atoms with Crippen molar-refractivity contribution in [2.24, 2.45) is 0 Å². The predicted molar refractivity (Wildman–Crippen MR) is 25.1 cm³/mol. The lowest BCUT2D eigenvalue weighted by Crippen LogP contribution is -1.43. The van der Waals surface area contributed by atoms with Crippen LogP contribution in [0.15, 0.2) is 24.4 Å². The molecule has 0 bridgehead atoms. The highest BCUT2D eigenvalue weighted by atomic mass is 28.1. The van der Waals surface area contributed by atoms with Crippen LogP contribution in [0.25, 0.3) is 0 Å². The van der Waals surface area contributed by atoms with Crippen LogP contribution < -0.4 is 0 Å². The second kappa shape index (κ2) is 3.70. The summed E-state index contributed by atoms with van der Waals surface area (Å²) in [5.41, 5.74) is 1.74. The van der Waals surface area contributed by atoms with E-state index in [1.807, 2.05) is 0 Å². The van der Waals surface area contributed by atoms with Crippen molar-refractivity contribution >= 4 is 10.2 Å². The summed E-state index contributed by atoms with van der Waals surface area (Å²) >= 11 is 0. The molecule has 0 fully saturated rings. The van der Waals surface area contributed by atoms with Gasteiger partial charge in [-0.2, -0.15) is 0 Å². The molecular weight excluding hydrogens is 76.1 g/mol. The van der Waals surface area contributed by atoms with Gasteiger partial charge >= 0.3 is 0 Å². The van der Waals surface area contributed by atoms with Gasteiger partial charge in [0.25, 0.3) is 0 Å². The molecule has 0 aliphatic heterocycles. The molecule has 0 amide bonds. The van der Waals surface area contributed by atoms with Gasteiger partial charge in [0, 0.05) is 0 Å². The smallest absolute Gasteiger partial charge is 0.0600 e. The maximum absolute atomic E-state index is 3.43. The highest BCUT2D eigenvalue weighted by molar-refractivity contribution is 6.17. The van der Waals surface area contributed by atoms with Crippen LogP contribution in [0.3, 0.4) is 0 Å². The minimum atomic E-state index is 1.70. The Labute approximate surface area is 35.6 Å². The van der Waals surface area contributed by atoms with Gasteiger partial charge in [-0.25, -0.2) is 0 Å². The zero-order valence-electron chi connectivity index (χ0n) is 2.94. The first-order valence-electron chi connectivity index (χ1n) is 1.36. The topological polar surface area (TPSA) is 0 Å². The van der Waals surface area contributed by atoms with Crippen molar-refractivity contribution in [1.82, 2.24) is 0 Å². The number of allylic oxidation sites excluding steroid dienone is 2. The van der Waals surface area contributed by atoms with E-state index in [-0.39, 0.29) is 0 Å². The van der Waals surface area contributed by atoms with Crippen molar-refractivity contribution in [2.45, 2.75) is 0 Å². The van der Waals surface area contributed by atoms with Crippen LogP contribution in [0.1, 0.15) is 0 Å². The molecule has 1 heteroatoms. The first-order chi connectivity index (χ1) is 2.41. The zero-order valence-corrected chi connectivity index (χ0v) is 3.94. The number of hydrogen-bond donors (Lipinski definition) is 0. The summed E-state index contributed by atoms with van der Waals surface area (Å²) in [6.45, 7) is 3.43. The van der Waals surface area contributed by atoms with E-state index in [9.17, 15) is 0 Å². The molecule has 0 aromatic rings. The molecule has 0 aliphatic carbocycles. The van der Waals surface area contributed by atoms with E-state index in [0.29, 0.717) is 0 Å². The summed E-state index contributed by atoms with van der Waals surface area (Å²) in [6.07, 6.45) is 3.50. The van der Waals surface area contributed by atoms with E-state index >= 15 is 0 Å². The Morgan fingerprint density at radius 3 is 2.20 bits per heavy atom.